The second-order valence-electron chi connectivity index (χ2n) is 5.67. The third-order valence-electron chi connectivity index (χ3n) is 3.63. The molecule has 0 fully saturated rings. The number of nitrogens with two attached hydrogens (primary N) is 1. The van der Waals surface area contributed by atoms with Gasteiger partial charge in [-0.1, -0.05) is 41.1 Å². The fourth-order valence-corrected chi connectivity index (χ4v) is 3.17. The number of hydrogen-bond donors (Lipinski definition) is 2. The number of aryl methyl sites for hydroxylation is 1. The van der Waals surface area contributed by atoms with E-state index in [-0.39, 0.29) is 22.2 Å². The zero-order valence-electron chi connectivity index (χ0n) is 14.0. The van der Waals surface area contributed by atoms with Gasteiger partial charge in [-0.05, 0) is 37.3 Å². The normalized spacial score (nSPS) is 11.4. The Kier molecular flexibility index (Phi) is 5.48. The summed E-state index contributed by atoms with van der Waals surface area (Å²) in [5, 5.41) is 3.37. The van der Waals surface area contributed by atoms with Crippen LogP contribution in [0.15, 0.2) is 58.7 Å². The fourth-order valence-electron chi connectivity index (χ4n) is 2.20. The van der Waals surface area contributed by atoms with Crippen LogP contribution in [0.25, 0.3) is 0 Å². The molecule has 0 bridgehead atoms. The predicted molar refractivity (Wildman–Crippen MR) is 101 cm³/mol. The van der Waals surface area contributed by atoms with Gasteiger partial charge in [-0.15, -0.1) is 0 Å². The molecule has 1 aromatic heterocycles. The highest BCUT2D eigenvalue weighted by atomic mass is 35.5. The summed E-state index contributed by atoms with van der Waals surface area (Å²) in [6.45, 7) is 1.98. The maximum absolute atomic E-state index is 12.9. The summed E-state index contributed by atoms with van der Waals surface area (Å²) in [6.07, 6.45) is -3.19. The van der Waals surface area contributed by atoms with Crippen molar-refractivity contribution in [2.75, 3.05) is 11.1 Å². The first kappa shape index (κ1) is 19.3. The number of hydrogen-bond acceptors (Lipinski definition) is 5. The molecule has 3 N–H and O–H groups in total. The third-order valence-corrected chi connectivity index (χ3v) is 4.99. The lowest BCUT2D eigenvalue weighted by molar-refractivity contribution is -0.137. The van der Waals surface area contributed by atoms with Crippen molar-refractivity contribution in [3.8, 4) is 0 Å². The fraction of sp³-hybridized carbons (Fsp3) is 0.111. The third kappa shape index (κ3) is 4.64. The maximum Gasteiger partial charge on any atom is 0.416 e. The van der Waals surface area contributed by atoms with Crippen LogP contribution in [0.2, 0.25) is 5.02 Å². The molecule has 2 aromatic carbocycles. The smallest absolute Gasteiger partial charge is 0.394 e. The van der Waals surface area contributed by atoms with Gasteiger partial charge in [0.05, 0.1) is 16.3 Å². The molecule has 9 heteroatoms. The number of anilines is 3. The van der Waals surface area contributed by atoms with Crippen molar-refractivity contribution >= 4 is 40.6 Å². The quantitative estimate of drug-likeness (QED) is 0.521. The van der Waals surface area contributed by atoms with Crippen molar-refractivity contribution in [3.05, 3.63) is 64.9 Å². The number of nitrogens with one attached hydrogen (secondary N) is 1. The summed E-state index contributed by atoms with van der Waals surface area (Å²) in [7, 11) is 0. The van der Waals surface area contributed by atoms with E-state index in [4.69, 9.17) is 17.3 Å². The molecule has 0 aliphatic heterocycles. The first-order valence-corrected chi connectivity index (χ1v) is 8.92. The van der Waals surface area contributed by atoms with Crippen molar-refractivity contribution in [2.24, 2.45) is 0 Å². The number of halogens is 4. The monoisotopic (exact) mass is 410 g/mol. The minimum atomic E-state index is -4.48. The SMILES string of the molecule is Cc1ccc(Sc2ncnc(Nc3cc(C(F)(F)F)ccc3Cl)c2N)cc1. The van der Waals surface area contributed by atoms with Gasteiger partial charge in [-0.25, -0.2) is 9.97 Å². The lowest BCUT2D eigenvalue weighted by atomic mass is 10.2. The van der Waals surface area contributed by atoms with Crippen molar-refractivity contribution in [2.45, 2.75) is 23.0 Å². The van der Waals surface area contributed by atoms with E-state index in [0.29, 0.717) is 5.03 Å². The number of benzene rings is 2. The number of nitrogens with zero attached hydrogens (tertiary/aromatic N) is 2. The van der Waals surface area contributed by atoms with Crippen LogP contribution in [0, 0.1) is 6.92 Å². The highest BCUT2D eigenvalue weighted by Gasteiger charge is 2.31. The Bertz CT molecular complexity index is 962. The van der Waals surface area contributed by atoms with E-state index in [2.05, 4.69) is 15.3 Å². The predicted octanol–water partition coefficient (Wildman–Crippen LogP) is 5.93. The van der Waals surface area contributed by atoms with Gasteiger partial charge in [0, 0.05) is 4.90 Å². The molecule has 0 radical (unpaired) electrons. The van der Waals surface area contributed by atoms with Crippen molar-refractivity contribution in [3.63, 3.8) is 0 Å². The van der Waals surface area contributed by atoms with E-state index in [1.807, 2.05) is 31.2 Å². The van der Waals surface area contributed by atoms with E-state index in [1.54, 1.807) is 0 Å². The summed E-state index contributed by atoms with van der Waals surface area (Å²) in [6, 6.07) is 10.8. The van der Waals surface area contributed by atoms with Gasteiger partial charge in [0.1, 0.15) is 17.0 Å². The minimum Gasteiger partial charge on any atom is -0.394 e. The van der Waals surface area contributed by atoms with E-state index in [1.165, 1.54) is 24.2 Å². The van der Waals surface area contributed by atoms with Crippen LogP contribution in [0.4, 0.5) is 30.4 Å². The van der Waals surface area contributed by atoms with Gasteiger partial charge < -0.3 is 11.1 Å². The van der Waals surface area contributed by atoms with Gasteiger partial charge in [0.15, 0.2) is 5.82 Å². The average Bonchev–Trinajstić information content (AvgIpc) is 2.61. The molecule has 140 valence electrons. The van der Waals surface area contributed by atoms with Crippen LogP contribution in [0.5, 0.6) is 0 Å². The summed E-state index contributed by atoms with van der Waals surface area (Å²) in [5.74, 6) is 0.181. The molecule has 0 saturated carbocycles. The van der Waals surface area contributed by atoms with Gasteiger partial charge >= 0.3 is 6.18 Å². The molecule has 3 aromatic rings. The van der Waals surface area contributed by atoms with Crippen molar-refractivity contribution < 1.29 is 13.2 Å². The summed E-state index contributed by atoms with van der Waals surface area (Å²) in [4.78, 5) is 9.10. The summed E-state index contributed by atoms with van der Waals surface area (Å²) in [5.41, 5.74) is 6.69. The molecule has 0 saturated heterocycles. The zero-order valence-corrected chi connectivity index (χ0v) is 15.6. The van der Waals surface area contributed by atoms with Crippen molar-refractivity contribution in [1.82, 2.24) is 9.97 Å². The molecule has 4 nitrogen and oxygen atoms in total. The van der Waals surface area contributed by atoms with Crippen LogP contribution in [0.1, 0.15) is 11.1 Å². The topological polar surface area (TPSA) is 63.8 Å². The van der Waals surface area contributed by atoms with E-state index < -0.39 is 11.7 Å². The number of aromatic nitrogens is 2. The van der Waals surface area contributed by atoms with Gasteiger partial charge in [-0.3, -0.25) is 0 Å². The molecule has 27 heavy (non-hydrogen) atoms. The molecule has 3 rings (SSSR count). The Morgan fingerprint density at radius 2 is 1.78 bits per heavy atom. The Morgan fingerprint density at radius 3 is 2.44 bits per heavy atom. The highest BCUT2D eigenvalue weighted by molar-refractivity contribution is 7.99. The van der Waals surface area contributed by atoms with Crippen LogP contribution < -0.4 is 11.1 Å². The molecular weight excluding hydrogens is 397 g/mol. The first-order valence-electron chi connectivity index (χ1n) is 7.73. The van der Waals surface area contributed by atoms with Crippen LogP contribution in [-0.2, 0) is 6.18 Å². The molecule has 1 heterocycles. The Balaban J connectivity index is 1.89. The maximum atomic E-state index is 12.9. The largest absolute Gasteiger partial charge is 0.416 e. The molecule has 0 aliphatic carbocycles. The number of alkyl halides is 3. The highest BCUT2D eigenvalue weighted by Crippen LogP contribution is 2.37. The molecular formula is C18H14ClF3N4S. The van der Waals surface area contributed by atoms with Crippen LogP contribution >= 0.6 is 23.4 Å². The van der Waals surface area contributed by atoms with E-state index in [0.717, 1.165) is 22.6 Å². The van der Waals surface area contributed by atoms with Gasteiger partial charge in [0.2, 0.25) is 0 Å². The lowest BCUT2D eigenvalue weighted by Gasteiger charge is -2.14. The summed E-state index contributed by atoms with van der Waals surface area (Å²) < 4.78 is 38.8. The molecule has 0 amide bonds. The van der Waals surface area contributed by atoms with E-state index >= 15 is 0 Å². The minimum absolute atomic E-state index is 0.0585. The molecule has 0 atom stereocenters. The Hall–Kier alpha value is -2.45. The first-order chi connectivity index (χ1) is 12.7. The lowest BCUT2D eigenvalue weighted by Crippen LogP contribution is -2.07. The molecule has 0 unspecified atom stereocenters. The Labute approximate surface area is 163 Å². The second-order valence-corrected chi connectivity index (χ2v) is 7.14. The van der Waals surface area contributed by atoms with Crippen LogP contribution in [-0.4, -0.2) is 9.97 Å². The molecule has 0 aliphatic rings. The molecule has 0 spiro atoms. The van der Waals surface area contributed by atoms with Crippen LogP contribution in [0.3, 0.4) is 0 Å². The van der Waals surface area contributed by atoms with E-state index in [9.17, 15) is 13.2 Å². The standard InChI is InChI=1S/C18H14ClF3N4S/c1-10-2-5-12(6-3-10)27-17-15(23)16(24-9-25-17)26-14-8-11(18(20,21)22)4-7-13(14)19/h2-9H,23H2,1H3,(H,24,25,26). The van der Waals surface area contributed by atoms with Gasteiger partial charge in [0.25, 0.3) is 0 Å². The van der Waals surface area contributed by atoms with Gasteiger partial charge in [-0.2, -0.15) is 13.2 Å². The Morgan fingerprint density at radius 1 is 1.07 bits per heavy atom. The van der Waals surface area contributed by atoms with Crippen molar-refractivity contribution in [1.29, 1.82) is 0 Å². The second kappa shape index (κ2) is 7.66. The number of rotatable bonds is 4. The average molecular weight is 411 g/mol. The number of nitrogen functional groups attached to an aromatic ring is 1. The zero-order chi connectivity index (χ0) is 19.6. The summed E-state index contributed by atoms with van der Waals surface area (Å²) >= 11 is 7.34.